The van der Waals surface area contributed by atoms with Gasteiger partial charge in [0.25, 0.3) is 0 Å². The van der Waals surface area contributed by atoms with Crippen molar-refractivity contribution in [3.63, 3.8) is 0 Å². The van der Waals surface area contributed by atoms with E-state index in [0.29, 0.717) is 13.0 Å². The molecule has 0 amide bonds. The van der Waals surface area contributed by atoms with E-state index >= 15 is 0 Å². The third-order valence-electron chi connectivity index (χ3n) is 8.64. The third-order valence-corrected chi connectivity index (χ3v) is 8.64. The Kier molecular flexibility index (Phi) is 42.2. The summed E-state index contributed by atoms with van der Waals surface area (Å²) in [7, 11) is 0. The van der Waals surface area contributed by atoms with Crippen LogP contribution >= 0.6 is 0 Å². The minimum Gasteiger partial charge on any atom is -0.457 e. The van der Waals surface area contributed by atoms with Gasteiger partial charge in [-0.3, -0.25) is 4.79 Å². The highest BCUT2D eigenvalue weighted by molar-refractivity contribution is 5.69. The normalized spacial score (nSPS) is 13.4. The number of carbonyl (C=O) groups excluding carboxylic acids is 1. The molecule has 4 nitrogen and oxygen atoms in total. The van der Waals surface area contributed by atoms with Gasteiger partial charge in [0.1, 0.15) is 6.10 Å². The number of allylic oxidation sites excluding steroid dienone is 16. The van der Waals surface area contributed by atoms with E-state index in [2.05, 4.69) is 111 Å². The van der Waals surface area contributed by atoms with Gasteiger partial charge < -0.3 is 14.6 Å². The molecule has 0 aliphatic carbocycles. The van der Waals surface area contributed by atoms with Crippen LogP contribution in [0.1, 0.15) is 174 Å². The van der Waals surface area contributed by atoms with Crippen LogP contribution in [0.25, 0.3) is 0 Å². The van der Waals surface area contributed by atoms with E-state index in [1.165, 1.54) is 70.6 Å². The largest absolute Gasteiger partial charge is 0.457 e. The number of aliphatic hydroxyl groups excluding tert-OH is 1. The van der Waals surface area contributed by atoms with Gasteiger partial charge >= 0.3 is 5.97 Å². The summed E-state index contributed by atoms with van der Waals surface area (Å²) in [6, 6.07) is 0. The number of hydrogen-bond donors (Lipinski definition) is 1. The summed E-state index contributed by atoms with van der Waals surface area (Å²) < 4.78 is 11.1. The molecule has 0 heterocycles. The van der Waals surface area contributed by atoms with Crippen molar-refractivity contribution in [2.24, 2.45) is 0 Å². The number of aliphatic hydroxyl groups is 1. The molecular formula is C48H80O4. The van der Waals surface area contributed by atoms with E-state index in [1.807, 2.05) is 0 Å². The molecule has 52 heavy (non-hydrogen) atoms. The highest BCUT2D eigenvalue weighted by Gasteiger charge is 2.13. The first kappa shape index (κ1) is 49.3. The molecular weight excluding hydrogens is 641 g/mol. The van der Waals surface area contributed by atoms with Crippen molar-refractivity contribution < 1.29 is 19.4 Å². The fraction of sp³-hybridized carbons (Fsp3) is 0.646. The maximum atomic E-state index is 12.2. The van der Waals surface area contributed by atoms with Gasteiger partial charge in [0.15, 0.2) is 0 Å². The molecule has 4 heteroatoms. The highest BCUT2D eigenvalue weighted by atomic mass is 16.6. The van der Waals surface area contributed by atoms with Crippen LogP contribution in [0.15, 0.2) is 97.2 Å². The number of unbranched alkanes of at least 4 members (excludes halogenated alkanes) is 14. The molecule has 0 saturated carbocycles. The van der Waals surface area contributed by atoms with E-state index in [1.54, 1.807) is 0 Å². The Bertz CT molecular complexity index is 980. The lowest BCUT2D eigenvalue weighted by atomic mass is 10.1. The average Bonchev–Trinajstić information content (AvgIpc) is 3.15. The second kappa shape index (κ2) is 44.5. The van der Waals surface area contributed by atoms with Crippen molar-refractivity contribution in [3.8, 4) is 0 Å². The van der Waals surface area contributed by atoms with E-state index in [0.717, 1.165) is 83.5 Å². The zero-order valence-corrected chi connectivity index (χ0v) is 33.8. The molecule has 1 unspecified atom stereocenters. The van der Waals surface area contributed by atoms with Crippen LogP contribution in [0.2, 0.25) is 0 Å². The summed E-state index contributed by atoms with van der Waals surface area (Å²) in [6.07, 6.45) is 63.2. The second-order valence-electron chi connectivity index (χ2n) is 13.7. The summed E-state index contributed by atoms with van der Waals surface area (Å²) in [4.78, 5) is 12.2. The van der Waals surface area contributed by atoms with E-state index < -0.39 is 6.10 Å². The van der Waals surface area contributed by atoms with Crippen LogP contribution in [-0.4, -0.2) is 37.0 Å². The van der Waals surface area contributed by atoms with Crippen molar-refractivity contribution in [2.75, 3.05) is 19.8 Å². The van der Waals surface area contributed by atoms with E-state index in [-0.39, 0.29) is 19.2 Å². The van der Waals surface area contributed by atoms with Crippen LogP contribution in [0.3, 0.4) is 0 Å². The lowest BCUT2D eigenvalue weighted by Gasteiger charge is -2.15. The first-order valence-electron chi connectivity index (χ1n) is 21.3. The van der Waals surface area contributed by atoms with Gasteiger partial charge in [-0.1, -0.05) is 169 Å². The monoisotopic (exact) mass is 721 g/mol. The first-order chi connectivity index (χ1) is 25.7. The molecule has 0 spiro atoms. The van der Waals surface area contributed by atoms with E-state index in [4.69, 9.17) is 9.47 Å². The average molecular weight is 721 g/mol. The smallest absolute Gasteiger partial charge is 0.306 e. The van der Waals surface area contributed by atoms with Gasteiger partial charge in [-0.05, 0) is 96.3 Å². The van der Waals surface area contributed by atoms with Gasteiger partial charge in [0, 0.05) is 13.0 Å². The number of hydrogen-bond acceptors (Lipinski definition) is 4. The minimum absolute atomic E-state index is 0.194. The Morgan fingerprint density at radius 3 is 1.33 bits per heavy atom. The highest BCUT2D eigenvalue weighted by Crippen LogP contribution is 2.11. The maximum absolute atomic E-state index is 12.2. The van der Waals surface area contributed by atoms with Crippen LogP contribution in [0, 0.1) is 0 Å². The lowest BCUT2D eigenvalue weighted by molar-refractivity contribution is -0.154. The molecule has 0 radical (unpaired) electrons. The molecule has 0 fully saturated rings. The maximum Gasteiger partial charge on any atom is 0.306 e. The SMILES string of the molecule is CC/C=C\C/C=C\C/C=C\C/C=C\C/C=C\C/C=C\C/C=C\CCCCCC(=O)OC(CO)COCCCCCCCC/C=C\CCCCCCC. The summed E-state index contributed by atoms with van der Waals surface area (Å²) in [5, 5.41) is 9.59. The molecule has 0 aromatic rings. The molecule has 0 aliphatic heterocycles. The van der Waals surface area contributed by atoms with Gasteiger partial charge in [0.2, 0.25) is 0 Å². The van der Waals surface area contributed by atoms with Crippen molar-refractivity contribution >= 4 is 5.97 Å². The third kappa shape index (κ3) is 41.7. The van der Waals surface area contributed by atoms with Gasteiger partial charge in [-0.25, -0.2) is 0 Å². The predicted molar refractivity (Wildman–Crippen MR) is 228 cm³/mol. The van der Waals surface area contributed by atoms with Crippen molar-refractivity contribution in [1.82, 2.24) is 0 Å². The Morgan fingerprint density at radius 1 is 0.481 bits per heavy atom. The fourth-order valence-electron chi connectivity index (χ4n) is 5.48. The first-order valence-corrected chi connectivity index (χ1v) is 21.3. The van der Waals surface area contributed by atoms with Gasteiger partial charge in [-0.2, -0.15) is 0 Å². The summed E-state index contributed by atoms with van der Waals surface area (Å²) in [6.45, 7) is 5.16. The van der Waals surface area contributed by atoms with Crippen LogP contribution in [-0.2, 0) is 14.3 Å². The molecule has 0 saturated heterocycles. The number of ether oxygens (including phenoxy) is 2. The minimum atomic E-state index is -0.561. The Hall–Kier alpha value is -2.69. The van der Waals surface area contributed by atoms with E-state index in [9.17, 15) is 9.90 Å². The van der Waals surface area contributed by atoms with Crippen molar-refractivity contribution in [2.45, 2.75) is 180 Å². The fourth-order valence-corrected chi connectivity index (χ4v) is 5.48. The van der Waals surface area contributed by atoms with Crippen LogP contribution in [0.4, 0.5) is 0 Å². The van der Waals surface area contributed by atoms with Gasteiger partial charge in [-0.15, -0.1) is 0 Å². The van der Waals surface area contributed by atoms with Crippen molar-refractivity contribution in [1.29, 1.82) is 0 Å². The molecule has 296 valence electrons. The summed E-state index contributed by atoms with van der Waals surface area (Å²) in [5.41, 5.74) is 0. The molecule has 1 atom stereocenters. The number of carbonyl (C=O) groups is 1. The quantitative estimate of drug-likeness (QED) is 0.0392. The molecule has 0 aromatic heterocycles. The standard InChI is InChI=1S/C48H80O4/c1-3-5-7-9-11-13-15-17-19-20-21-22-23-24-25-26-27-28-29-31-33-35-37-39-41-43-48(50)52-47(45-49)46-51-44-42-40-38-36-34-32-30-18-16-14-12-10-8-6-4-2/h5,7,11,13,16-19,21-22,24-25,27-28,31,33,47,49H,3-4,6,8-10,12,14-15,20,23,26,29-30,32,34-46H2,1-2H3/b7-5-,13-11-,18-16-,19-17-,22-21-,25-24-,28-27-,33-31-. The molecule has 0 rings (SSSR count). The Labute approximate surface area is 322 Å². The Balaban J connectivity index is 3.60. The molecule has 0 bridgehead atoms. The molecule has 0 aliphatic rings. The van der Waals surface area contributed by atoms with Crippen LogP contribution in [0.5, 0.6) is 0 Å². The predicted octanol–water partition coefficient (Wildman–Crippen LogP) is 14.1. The second-order valence-corrected chi connectivity index (χ2v) is 13.7. The number of rotatable bonds is 38. The number of esters is 1. The molecule has 0 aromatic carbocycles. The summed E-state index contributed by atoms with van der Waals surface area (Å²) >= 11 is 0. The molecule has 1 N–H and O–H groups in total. The zero-order valence-electron chi connectivity index (χ0n) is 33.8. The topological polar surface area (TPSA) is 55.8 Å². The van der Waals surface area contributed by atoms with Gasteiger partial charge in [0.05, 0.1) is 13.2 Å². The lowest BCUT2D eigenvalue weighted by Crippen LogP contribution is -2.27. The summed E-state index contributed by atoms with van der Waals surface area (Å²) in [5.74, 6) is -0.238. The van der Waals surface area contributed by atoms with Crippen molar-refractivity contribution in [3.05, 3.63) is 97.2 Å². The zero-order chi connectivity index (χ0) is 37.7. The Morgan fingerprint density at radius 2 is 0.865 bits per heavy atom. The van der Waals surface area contributed by atoms with Crippen LogP contribution < -0.4 is 0 Å².